The number of nitrogens with zero attached hydrogens (tertiary/aromatic N) is 3. The van der Waals surface area contributed by atoms with Crippen LogP contribution in [0.2, 0.25) is 0 Å². The lowest BCUT2D eigenvalue weighted by atomic mass is 10.1. The second-order valence-corrected chi connectivity index (χ2v) is 9.10. The van der Waals surface area contributed by atoms with Crippen LogP contribution >= 0.6 is 11.3 Å². The predicted molar refractivity (Wildman–Crippen MR) is 124 cm³/mol. The maximum Gasteiger partial charge on any atom is 0.413 e. The van der Waals surface area contributed by atoms with Crippen molar-refractivity contribution in [2.75, 3.05) is 11.9 Å². The lowest BCUT2D eigenvalue weighted by molar-refractivity contribution is 0.0631. The number of imide groups is 1. The van der Waals surface area contributed by atoms with Gasteiger partial charge in [0.05, 0.1) is 17.7 Å². The standard InChI is InChI=1S/C24H20N4O4S/c1-24(2,3)32-23(31)27-19-18(33-20(26-19)15-10-12-25-13-11-15)9-6-14-28-21(29)16-7-4-5-8-17(16)22(28)30/h4-5,7-8,10-13H,14H2,1-3H3,(H,27,31). The van der Waals surface area contributed by atoms with E-state index < -0.39 is 11.7 Å². The molecule has 4 rings (SSSR count). The summed E-state index contributed by atoms with van der Waals surface area (Å²) in [5.41, 5.74) is 0.880. The van der Waals surface area contributed by atoms with Crippen LogP contribution in [0.5, 0.6) is 0 Å². The van der Waals surface area contributed by atoms with E-state index in [-0.39, 0.29) is 24.2 Å². The number of thiazole rings is 1. The van der Waals surface area contributed by atoms with Crippen LogP contribution in [0.25, 0.3) is 10.6 Å². The summed E-state index contributed by atoms with van der Waals surface area (Å²) in [7, 11) is 0. The van der Waals surface area contributed by atoms with Crippen molar-refractivity contribution in [2.24, 2.45) is 0 Å². The fraction of sp³-hybridized carbons (Fsp3) is 0.208. The molecule has 3 heterocycles. The third-order valence-corrected chi connectivity index (χ3v) is 5.51. The molecular formula is C24H20N4O4S. The van der Waals surface area contributed by atoms with Crippen molar-refractivity contribution in [3.63, 3.8) is 0 Å². The number of rotatable bonds is 3. The van der Waals surface area contributed by atoms with Gasteiger partial charge in [-0.3, -0.25) is 24.8 Å². The summed E-state index contributed by atoms with van der Waals surface area (Å²) in [6, 6.07) is 10.3. The third-order valence-electron chi connectivity index (χ3n) is 4.49. The molecular weight excluding hydrogens is 440 g/mol. The second kappa shape index (κ2) is 8.84. The maximum atomic E-state index is 12.5. The van der Waals surface area contributed by atoms with E-state index in [4.69, 9.17) is 4.74 Å². The number of benzene rings is 1. The van der Waals surface area contributed by atoms with Crippen molar-refractivity contribution < 1.29 is 19.1 Å². The Morgan fingerprint density at radius 1 is 1.09 bits per heavy atom. The maximum absolute atomic E-state index is 12.5. The summed E-state index contributed by atoms with van der Waals surface area (Å²) in [6.45, 7) is 5.21. The summed E-state index contributed by atoms with van der Waals surface area (Å²) < 4.78 is 5.32. The van der Waals surface area contributed by atoms with Gasteiger partial charge in [-0.15, -0.1) is 11.3 Å². The molecule has 0 atom stereocenters. The van der Waals surface area contributed by atoms with Crippen molar-refractivity contribution in [2.45, 2.75) is 26.4 Å². The van der Waals surface area contributed by atoms with Crippen LogP contribution in [0, 0.1) is 11.8 Å². The molecule has 0 fully saturated rings. The number of ether oxygens (including phenoxy) is 1. The highest BCUT2D eigenvalue weighted by Crippen LogP contribution is 2.30. The molecule has 0 unspecified atom stereocenters. The molecule has 1 N–H and O–H groups in total. The van der Waals surface area contributed by atoms with Crippen LogP contribution in [0.15, 0.2) is 48.8 Å². The van der Waals surface area contributed by atoms with Gasteiger partial charge in [0.2, 0.25) is 0 Å². The normalized spacial score (nSPS) is 12.8. The van der Waals surface area contributed by atoms with Gasteiger partial charge in [-0.1, -0.05) is 24.0 Å². The molecule has 1 aliphatic heterocycles. The Labute approximate surface area is 194 Å². The van der Waals surface area contributed by atoms with E-state index in [0.29, 0.717) is 21.0 Å². The first-order valence-corrected chi connectivity index (χ1v) is 10.9. The third kappa shape index (κ3) is 4.91. The van der Waals surface area contributed by atoms with Crippen LogP contribution < -0.4 is 5.32 Å². The van der Waals surface area contributed by atoms with Gasteiger partial charge < -0.3 is 4.74 Å². The first-order valence-electron chi connectivity index (χ1n) is 10.1. The summed E-state index contributed by atoms with van der Waals surface area (Å²) >= 11 is 1.27. The molecule has 0 saturated heterocycles. The van der Waals surface area contributed by atoms with E-state index in [0.717, 1.165) is 10.5 Å². The van der Waals surface area contributed by atoms with Gasteiger partial charge in [-0.2, -0.15) is 0 Å². The number of fused-ring (bicyclic) bond motifs is 1. The molecule has 0 aliphatic carbocycles. The van der Waals surface area contributed by atoms with E-state index in [9.17, 15) is 14.4 Å². The first kappa shape index (κ1) is 22.2. The first-order chi connectivity index (χ1) is 15.7. The van der Waals surface area contributed by atoms with Gasteiger partial charge in [0.25, 0.3) is 11.8 Å². The molecule has 8 nitrogen and oxygen atoms in total. The SMILES string of the molecule is CC(C)(C)OC(=O)Nc1nc(-c2ccncc2)sc1C#CCN1C(=O)c2ccccc2C1=O. The Balaban J connectivity index is 1.59. The molecule has 2 aromatic heterocycles. The largest absolute Gasteiger partial charge is 0.444 e. The summed E-state index contributed by atoms with van der Waals surface area (Å²) in [6.07, 6.45) is 2.63. The lowest BCUT2D eigenvalue weighted by Crippen LogP contribution is -2.30. The number of pyridine rings is 1. The fourth-order valence-corrected chi connectivity index (χ4v) is 3.99. The number of carbonyl (C=O) groups is 3. The van der Waals surface area contributed by atoms with Crippen molar-refractivity contribution in [1.82, 2.24) is 14.9 Å². The Hall–Kier alpha value is -4.03. The zero-order chi connectivity index (χ0) is 23.6. The molecule has 3 amide bonds. The second-order valence-electron chi connectivity index (χ2n) is 8.10. The molecule has 1 aromatic carbocycles. The molecule has 0 saturated carbocycles. The number of aromatic nitrogens is 2. The average Bonchev–Trinajstić information content (AvgIpc) is 3.27. The van der Waals surface area contributed by atoms with Crippen molar-refractivity contribution in [1.29, 1.82) is 0 Å². The molecule has 3 aromatic rings. The van der Waals surface area contributed by atoms with Crippen molar-refractivity contribution in [3.05, 3.63) is 64.8 Å². The molecule has 0 spiro atoms. The van der Waals surface area contributed by atoms with Crippen LogP contribution in [0.1, 0.15) is 46.4 Å². The molecule has 9 heteroatoms. The number of carbonyl (C=O) groups excluding carboxylic acids is 3. The van der Waals surface area contributed by atoms with Gasteiger partial charge >= 0.3 is 6.09 Å². The van der Waals surface area contributed by atoms with Crippen LogP contribution in [-0.4, -0.2) is 44.9 Å². The average molecular weight is 461 g/mol. The monoisotopic (exact) mass is 460 g/mol. The van der Waals surface area contributed by atoms with Gasteiger partial charge in [-0.05, 0) is 45.0 Å². The highest BCUT2D eigenvalue weighted by molar-refractivity contribution is 7.16. The Bertz CT molecular complexity index is 1260. The highest BCUT2D eigenvalue weighted by Gasteiger charge is 2.34. The minimum atomic E-state index is -0.675. The Morgan fingerprint density at radius 2 is 1.73 bits per heavy atom. The Morgan fingerprint density at radius 3 is 2.33 bits per heavy atom. The Kier molecular flexibility index (Phi) is 5.94. The number of hydrogen-bond acceptors (Lipinski definition) is 7. The summed E-state index contributed by atoms with van der Waals surface area (Å²) in [5, 5.41) is 3.27. The summed E-state index contributed by atoms with van der Waals surface area (Å²) in [5.74, 6) is 5.30. The topological polar surface area (TPSA) is 101 Å². The highest BCUT2D eigenvalue weighted by atomic mass is 32.1. The quantitative estimate of drug-likeness (QED) is 0.464. The molecule has 1 aliphatic rings. The van der Waals surface area contributed by atoms with Gasteiger partial charge in [0, 0.05) is 18.0 Å². The number of nitrogens with one attached hydrogen (secondary N) is 1. The minimum Gasteiger partial charge on any atom is -0.444 e. The minimum absolute atomic E-state index is 0.0826. The zero-order valence-corrected chi connectivity index (χ0v) is 19.0. The zero-order valence-electron chi connectivity index (χ0n) is 18.2. The van der Waals surface area contributed by atoms with Crippen LogP contribution in [-0.2, 0) is 4.74 Å². The van der Waals surface area contributed by atoms with Crippen molar-refractivity contribution in [3.8, 4) is 22.4 Å². The van der Waals surface area contributed by atoms with Gasteiger partial charge in [0.1, 0.15) is 15.5 Å². The van der Waals surface area contributed by atoms with E-state index in [1.807, 2.05) is 0 Å². The molecule has 33 heavy (non-hydrogen) atoms. The van der Waals surface area contributed by atoms with E-state index in [1.165, 1.54) is 11.3 Å². The van der Waals surface area contributed by atoms with Crippen molar-refractivity contribution >= 4 is 35.1 Å². The van der Waals surface area contributed by atoms with Crippen LogP contribution in [0.4, 0.5) is 10.6 Å². The van der Waals surface area contributed by atoms with E-state index >= 15 is 0 Å². The van der Waals surface area contributed by atoms with E-state index in [1.54, 1.807) is 69.6 Å². The number of hydrogen-bond donors (Lipinski definition) is 1. The molecule has 0 radical (unpaired) electrons. The molecule has 166 valence electrons. The lowest BCUT2D eigenvalue weighted by Gasteiger charge is -2.19. The van der Waals surface area contributed by atoms with Gasteiger partial charge in [0.15, 0.2) is 5.82 Å². The number of anilines is 1. The smallest absolute Gasteiger partial charge is 0.413 e. The van der Waals surface area contributed by atoms with Crippen LogP contribution in [0.3, 0.4) is 0 Å². The van der Waals surface area contributed by atoms with Gasteiger partial charge in [-0.25, -0.2) is 9.78 Å². The van der Waals surface area contributed by atoms with E-state index in [2.05, 4.69) is 27.1 Å². The fourth-order valence-electron chi connectivity index (χ4n) is 3.09. The summed E-state index contributed by atoms with van der Waals surface area (Å²) in [4.78, 5) is 47.4. The number of amides is 3. The molecule has 0 bridgehead atoms. The predicted octanol–water partition coefficient (Wildman–Crippen LogP) is 4.20.